The Bertz CT molecular complexity index is 435. The maximum Gasteiger partial charge on any atom is 0.407 e. The van der Waals surface area contributed by atoms with Crippen molar-refractivity contribution < 1.29 is 45.1 Å². The maximum atomic E-state index is 13.2. The van der Waals surface area contributed by atoms with Crippen LogP contribution in [0.2, 0.25) is 0 Å². The van der Waals surface area contributed by atoms with Crippen LogP contribution in [0.3, 0.4) is 0 Å². The lowest BCUT2D eigenvalue weighted by Crippen LogP contribution is -2.40. The van der Waals surface area contributed by atoms with Gasteiger partial charge in [-0.2, -0.15) is 30.7 Å². The normalized spacial score (nSPS) is 14.0. The third kappa shape index (κ3) is 10.1. The molecule has 0 aliphatic carbocycles. The Morgan fingerprint density at radius 1 is 0.577 bits per heavy atom. The van der Waals surface area contributed by atoms with Crippen LogP contribution >= 0.6 is 7.60 Å². The minimum atomic E-state index is -6.23. The second-order valence-corrected chi connectivity index (χ2v) is 8.09. The molecular weight excluding hydrogens is 392 g/mol. The first kappa shape index (κ1) is 25.7. The van der Waals surface area contributed by atoms with Gasteiger partial charge < -0.3 is 9.79 Å². The molecule has 0 rings (SSSR count). The summed E-state index contributed by atoms with van der Waals surface area (Å²) in [5, 5.41) is 0. The largest absolute Gasteiger partial charge is 0.407 e. The molecule has 2 N–H and O–H groups in total. The van der Waals surface area contributed by atoms with E-state index in [0.29, 0.717) is 25.7 Å². The first-order chi connectivity index (χ1) is 11.7. The number of halogens is 7. The molecule has 0 spiro atoms. The van der Waals surface area contributed by atoms with Gasteiger partial charge in [-0.15, -0.1) is 0 Å². The van der Waals surface area contributed by atoms with Gasteiger partial charge in [-0.1, -0.05) is 51.4 Å². The summed E-state index contributed by atoms with van der Waals surface area (Å²) < 4.78 is 98.6. The molecule has 0 fully saturated rings. The van der Waals surface area contributed by atoms with Crippen LogP contribution in [0.1, 0.15) is 77.0 Å². The fourth-order valence-corrected chi connectivity index (χ4v) is 2.99. The van der Waals surface area contributed by atoms with Gasteiger partial charge in [0.25, 0.3) is 0 Å². The second-order valence-electron chi connectivity index (χ2n) is 6.44. The van der Waals surface area contributed by atoms with Gasteiger partial charge in [0.1, 0.15) is 0 Å². The summed E-state index contributed by atoms with van der Waals surface area (Å²) >= 11 is 0. The Morgan fingerprint density at radius 3 is 1.19 bits per heavy atom. The van der Waals surface area contributed by atoms with Gasteiger partial charge in [-0.3, -0.25) is 4.57 Å². The Kier molecular flexibility index (Phi) is 10.7. The van der Waals surface area contributed by atoms with Crippen molar-refractivity contribution in [2.45, 2.75) is 94.8 Å². The molecule has 11 heteroatoms. The van der Waals surface area contributed by atoms with Gasteiger partial charge in [0, 0.05) is 12.8 Å². The molecule has 0 radical (unpaired) electrons. The predicted molar refractivity (Wildman–Crippen MR) is 83.4 cm³/mol. The molecule has 0 bridgehead atoms. The molecule has 158 valence electrons. The van der Waals surface area contributed by atoms with Crippen LogP contribution in [-0.2, 0) is 4.57 Å². The van der Waals surface area contributed by atoms with Crippen LogP contribution in [0.5, 0.6) is 0 Å². The summed E-state index contributed by atoms with van der Waals surface area (Å²) in [6.07, 6.45) is -1.38. The zero-order valence-electron chi connectivity index (χ0n) is 14.4. The Morgan fingerprint density at radius 2 is 0.885 bits per heavy atom. The lowest BCUT2D eigenvalue weighted by Gasteiger charge is -2.26. The van der Waals surface area contributed by atoms with Crippen molar-refractivity contribution in [1.82, 2.24) is 0 Å². The Hall–Kier alpha value is -0.340. The lowest BCUT2D eigenvalue weighted by molar-refractivity contribution is -0.171. The van der Waals surface area contributed by atoms with E-state index >= 15 is 0 Å². The summed E-state index contributed by atoms with van der Waals surface area (Å²) in [6, 6.07) is 0. The van der Waals surface area contributed by atoms with E-state index < -0.39 is 38.2 Å². The standard InChI is InChI=1S/C15H26F7O3P/c16-13(17,15(21,22)26(23,24)25)11-9-7-5-3-1-2-4-6-8-10-12-14(18,19)20/h1-12H2,(H2,23,24,25). The summed E-state index contributed by atoms with van der Waals surface area (Å²) in [4.78, 5) is 16.6. The molecule has 0 aromatic rings. The van der Waals surface area contributed by atoms with Crippen molar-refractivity contribution >= 4 is 7.60 Å². The van der Waals surface area contributed by atoms with E-state index in [1.165, 1.54) is 0 Å². The van der Waals surface area contributed by atoms with Crippen molar-refractivity contribution in [1.29, 1.82) is 0 Å². The molecule has 3 nitrogen and oxygen atoms in total. The summed E-state index contributed by atoms with van der Waals surface area (Å²) in [5.41, 5.74) is -5.37. The molecule has 0 aliphatic heterocycles. The monoisotopic (exact) mass is 418 g/mol. The first-order valence-corrected chi connectivity index (χ1v) is 10.2. The van der Waals surface area contributed by atoms with Gasteiger partial charge in [-0.25, -0.2) is 0 Å². The van der Waals surface area contributed by atoms with E-state index in [2.05, 4.69) is 0 Å². The molecule has 0 atom stereocenters. The molecule has 0 amide bonds. The molecule has 26 heavy (non-hydrogen) atoms. The number of hydrogen-bond acceptors (Lipinski definition) is 1. The maximum absolute atomic E-state index is 13.2. The molecule has 0 aromatic heterocycles. The lowest BCUT2D eigenvalue weighted by atomic mass is 10.0. The van der Waals surface area contributed by atoms with E-state index in [9.17, 15) is 35.3 Å². The van der Waals surface area contributed by atoms with Crippen LogP contribution in [0.25, 0.3) is 0 Å². The topological polar surface area (TPSA) is 57.5 Å². The van der Waals surface area contributed by atoms with E-state index in [1.54, 1.807) is 0 Å². The average molecular weight is 418 g/mol. The molecular formula is C15H26F7O3P. The van der Waals surface area contributed by atoms with Crippen molar-refractivity contribution in [3.63, 3.8) is 0 Å². The summed E-state index contributed by atoms with van der Waals surface area (Å²) in [5.74, 6) is -4.76. The van der Waals surface area contributed by atoms with E-state index in [1.807, 2.05) is 0 Å². The number of unbranched alkanes of at least 4 members (excludes halogenated alkanes) is 9. The van der Waals surface area contributed by atoms with Gasteiger partial charge in [0.2, 0.25) is 0 Å². The van der Waals surface area contributed by atoms with Crippen LogP contribution in [0, 0.1) is 0 Å². The summed E-state index contributed by atoms with van der Waals surface area (Å²) in [6.45, 7) is 0. The highest BCUT2D eigenvalue weighted by Gasteiger charge is 2.67. The second kappa shape index (κ2) is 10.9. The van der Waals surface area contributed by atoms with E-state index in [-0.39, 0.29) is 19.3 Å². The fourth-order valence-electron chi connectivity index (χ4n) is 2.45. The summed E-state index contributed by atoms with van der Waals surface area (Å²) in [7, 11) is -6.23. The quantitative estimate of drug-likeness (QED) is 0.189. The average Bonchev–Trinajstić information content (AvgIpc) is 2.45. The number of rotatable bonds is 14. The number of alkyl halides is 7. The smallest absolute Gasteiger partial charge is 0.320 e. The Balaban J connectivity index is 3.67. The predicted octanol–water partition coefficient (Wildman–Crippen LogP) is 6.64. The minimum Gasteiger partial charge on any atom is -0.320 e. The fraction of sp³-hybridized carbons (Fsp3) is 1.00. The van der Waals surface area contributed by atoms with Gasteiger partial charge in [0.05, 0.1) is 0 Å². The molecule has 0 saturated heterocycles. The molecule has 0 aliphatic rings. The third-order valence-electron chi connectivity index (χ3n) is 4.01. The zero-order valence-corrected chi connectivity index (χ0v) is 15.3. The zero-order chi connectivity index (χ0) is 20.5. The first-order valence-electron chi connectivity index (χ1n) is 8.59. The van der Waals surface area contributed by atoms with Crippen LogP contribution in [-0.4, -0.2) is 27.5 Å². The van der Waals surface area contributed by atoms with E-state index in [0.717, 1.165) is 19.3 Å². The van der Waals surface area contributed by atoms with Crippen molar-refractivity contribution in [3.05, 3.63) is 0 Å². The highest BCUT2D eigenvalue weighted by molar-refractivity contribution is 7.53. The van der Waals surface area contributed by atoms with Gasteiger partial charge in [-0.05, 0) is 12.8 Å². The molecule has 0 heterocycles. The third-order valence-corrected chi connectivity index (χ3v) is 5.07. The van der Waals surface area contributed by atoms with Gasteiger partial charge >= 0.3 is 25.4 Å². The molecule has 0 aromatic carbocycles. The molecule has 0 unspecified atom stereocenters. The van der Waals surface area contributed by atoms with Crippen LogP contribution in [0.4, 0.5) is 30.7 Å². The number of hydrogen-bond donors (Lipinski definition) is 2. The SMILES string of the molecule is O=P(O)(O)C(F)(F)C(F)(F)CCCCCCCCCCCCC(F)(F)F. The molecule has 0 saturated carbocycles. The van der Waals surface area contributed by atoms with Crippen LogP contribution in [0.15, 0.2) is 0 Å². The van der Waals surface area contributed by atoms with E-state index in [4.69, 9.17) is 9.79 Å². The Labute approximate surface area is 148 Å². The highest BCUT2D eigenvalue weighted by atomic mass is 31.2. The van der Waals surface area contributed by atoms with Crippen LogP contribution < -0.4 is 0 Å². The van der Waals surface area contributed by atoms with Crippen molar-refractivity contribution in [2.75, 3.05) is 0 Å². The highest BCUT2D eigenvalue weighted by Crippen LogP contribution is 2.61. The van der Waals surface area contributed by atoms with Crippen molar-refractivity contribution in [2.24, 2.45) is 0 Å². The van der Waals surface area contributed by atoms with Gasteiger partial charge in [0.15, 0.2) is 0 Å². The minimum absolute atomic E-state index is 0.108. The van der Waals surface area contributed by atoms with Crippen molar-refractivity contribution in [3.8, 4) is 0 Å².